The lowest BCUT2D eigenvalue weighted by Gasteiger charge is -2.11. The van der Waals surface area contributed by atoms with Gasteiger partial charge in [0.25, 0.3) is 5.91 Å². The highest BCUT2D eigenvalue weighted by Gasteiger charge is 2.07. The van der Waals surface area contributed by atoms with Gasteiger partial charge in [-0.05, 0) is 67.7 Å². The fourth-order valence-corrected chi connectivity index (χ4v) is 2.74. The summed E-state index contributed by atoms with van der Waals surface area (Å²) in [6.07, 6.45) is 0.980. The van der Waals surface area contributed by atoms with Crippen molar-refractivity contribution in [3.63, 3.8) is 0 Å². The molecule has 0 fully saturated rings. The number of nitrogens with one attached hydrogen (secondary N) is 1. The van der Waals surface area contributed by atoms with E-state index in [0.29, 0.717) is 12.2 Å². The number of benzene rings is 3. The molecule has 3 rings (SSSR count). The van der Waals surface area contributed by atoms with Gasteiger partial charge in [-0.3, -0.25) is 4.79 Å². The van der Waals surface area contributed by atoms with Crippen LogP contribution in [0.5, 0.6) is 5.75 Å². The molecule has 134 valence electrons. The Kier molecular flexibility index (Phi) is 5.87. The monoisotopic (exact) mass is 348 g/mol. The maximum atomic E-state index is 12.5. The zero-order chi connectivity index (χ0) is 18.4. The number of hydrogen-bond donors (Lipinski definition) is 1. The van der Waals surface area contributed by atoms with Crippen LogP contribution in [0.15, 0.2) is 66.7 Å². The molecule has 4 nitrogen and oxygen atoms in total. The maximum absolute atomic E-state index is 12.5. The van der Waals surface area contributed by atoms with Crippen molar-refractivity contribution in [2.24, 2.45) is 0 Å². The molecule has 4 heteroatoms. The quantitative estimate of drug-likeness (QED) is 0.643. The average Bonchev–Trinajstić information content (AvgIpc) is 2.66. The van der Waals surface area contributed by atoms with E-state index in [1.54, 1.807) is 0 Å². The number of carbonyl (C=O) groups excluding carboxylic acids is 1. The molecule has 0 heterocycles. The molecular weight excluding hydrogens is 324 g/mol. The van der Waals surface area contributed by atoms with Crippen molar-refractivity contribution in [3.05, 3.63) is 72.3 Å². The maximum Gasteiger partial charge on any atom is 0.255 e. The highest BCUT2D eigenvalue weighted by molar-refractivity contribution is 6.06. The van der Waals surface area contributed by atoms with Gasteiger partial charge in [-0.1, -0.05) is 30.3 Å². The van der Waals surface area contributed by atoms with Crippen LogP contribution in [0, 0.1) is 0 Å². The van der Waals surface area contributed by atoms with E-state index in [1.807, 2.05) is 80.8 Å². The van der Waals surface area contributed by atoms with E-state index in [1.165, 1.54) is 0 Å². The number of anilines is 1. The zero-order valence-electron chi connectivity index (χ0n) is 15.2. The first kappa shape index (κ1) is 18.0. The Morgan fingerprint density at radius 1 is 0.962 bits per heavy atom. The molecule has 0 bridgehead atoms. The number of rotatable bonds is 7. The molecule has 26 heavy (non-hydrogen) atoms. The third-order valence-corrected chi connectivity index (χ3v) is 4.14. The number of hydrogen-bond acceptors (Lipinski definition) is 3. The van der Waals surface area contributed by atoms with Crippen molar-refractivity contribution < 1.29 is 9.53 Å². The summed E-state index contributed by atoms with van der Waals surface area (Å²) >= 11 is 0. The molecule has 0 aliphatic rings. The third kappa shape index (κ3) is 4.83. The summed E-state index contributed by atoms with van der Waals surface area (Å²) in [6, 6.07) is 21.2. The standard InChI is InChI=1S/C22H24N2O2/c1-24(2)14-5-15-26-21-12-10-20(11-13-21)23-22(25)19-9-8-17-6-3-4-7-18(17)16-19/h3-4,6-13,16H,5,14-15H2,1-2H3,(H,23,25). The molecule has 0 spiro atoms. The fraction of sp³-hybridized carbons (Fsp3) is 0.227. The van der Waals surface area contributed by atoms with E-state index in [0.717, 1.165) is 35.2 Å². The lowest BCUT2D eigenvalue weighted by molar-refractivity contribution is 0.102. The molecule has 0 saturated carbocycles. The van der Waals surface area contributed by atoms with E-state index >= 15 is 0 Å². The Hall–Kier alpha value is -2.85. The summed E-state index contributed by atoms with van der Waals surface area (Å²) in [5.74, 6) is 0.697. The van der Waals surface area contributed by atoms with Gasteiger partial charge in [0.1, 0.15) is 5.75 Å². The Balaban J connectivity index is 1.58. The molecular formula is C22H24N2O2. The summed E-state index contributed by atoms with van der Waals surface area (Å²) in [4.78, 5) is 14.6. The first-order valence-electron chi connectivity index (χ1n) is 8.79. The minimum absolute atomic E-state index is 0.115. The molecule has 0 aliphatic carbocycles. The molecule has 0 atom stereocenters. The van der Waals surface area contributed by atoms with Gasteiger partial charge in [0.15, 0.2) is 0 Å². The molecule has 0 saturated heterocycles. The molecule has 1 N–H and O–H groups in total. The second-order valence-electron chi connectivity index (χ2n) is 6.55. The normalized spacial score (nSPS) is 10.9. The van der Waals surface area contributed by atoms with Crippen molar-refractivity contribution >= 4 is 22.4 Å². The Morgan fingerprint density at radius 3 is 2.42 bits per heavy atom. The average molecular weight is 348 g/mol. The second kappa shape index (κ2) is 8.50. The van der Waals surface area contributed by atoms with Crippen molar-refractivity contribution in [2.75, 3.05) is 32.6 Å². The minimum Gasteiger partial charge on any atom is -0.494 e. The van der Waals surface area contributed by atoms with Crippen LogP contribution in [0.2, 0.25) is 0 Å². The van der Waals surface area contributed by atoms with Crippen LogP contribution in [-0.2, 0) is 0 Å². The van der Waals surface area contributed by atoms with E-state index in [4.69, 9.17) is 4.74 Å². The van der Waals surface area contributed by atoms with Crippen LogP contribution in [0.25, 0.3) is 10.8 Å². The predicted octanol–water partition coefficient (Wildman–Crippen LogP) is 4.42. The first-order valence-corrected chi connectivity index (χ1v) is 8.79. The van der Waals surface area contributed by atoms with E-state index in [9.17, 15) is 4.79 Å². The molecule has 0 aromatic heterocycles. The van der Waals surface area contributed by atoms with E-state index < -0.39 is 0 Å². The number of amides is 1. The highest BCUT2D eigenvalue weighted by Crippen LogP contribution is 2.19. The SMILES string of the molecule is CN(C)CCCOc1ccc(NC(=O)c2ccc3ccccc3c2)cc1. The smallest absolute Gasteiger partial charge is 0.255 e. The summed E-state index contributed by atoms with van der Waals surface area (Å²) in [6.45, 7) is 1.68. The molecule has 3 aromatic rings. The van der Waals surface area contributed by atoms with E-state index in [-0.39, 0.29) is 5.91 Å². The van der Waals surface area contributed by atoms with Crippen LogP contribution in [0.4, 0.5) is 5.69 Å². The number of carbonyl (C=O) groups is 1. The van der Waals surface area contributed by atoms with Crippen LogP contribution >= 0.6 is 0 Å². The molecule has 3 aromatic carbocycles. The minimum atomic E-state index is -0.115. The lowest BCUT2D eigenvalue weighted by Crippen LogP contribution is -2.15. The van der Waals surface area contributed by atoms with Crippen molar-refractivity contribution in [1.29, 1.82) is 0 Å². The van der Waals surface area contributed by atoms with Crippen LogP contribution in [0.3, 0.4) is 0 Å². The Bertz CT molecular complexity index is 873. The van der Waals surface area contributed by atoms with Crippen molar-refractivity contribution in [3.8, 4) is 5.75 Å². The first-order chi connectivity index (χ1) is 12.6. The summed E-state index contributed by atoms with van der Waals surface area (Å²) in [7, 11) is 4.10. The predicted molar refractivity (Wildman–Crippen MR) is 107 cm³/mol. The van der Waals surface area contributed by atoms with Gasteiger partial charge in [-0.15, -0.1) is 0 Å². The van der Waals surface area contributed by atoms with Crippen LogP contribution < -0.4 is 10.1 Å². The van der Waals surface area contributed by atoms with Gasteiger partial charge in [0.05, 0.1) is 6.61 Å². The molecule has 1 amide bonds. The molecule has 0 aliphatic heterocycles. The highest BCUT2D eigenvalue weighted by atomic mass is 16.5. The van der Waals surface area contributed by atoms with E-state index in [2.05, 4.69) is 10.2 Å². The summed E-state index contributed by atoms with van der Waals surface area (Å²) in [5.41, 5.74) is 1.40. The third-order valence-electron chi connectivity index (χ3n) is 4.14. The van der Waals surface area contributed by atoms with Crippen molar-refractivity contribution in [1.82, 2.24) is 4.90 Å². The Labute approximate surface area is 154 Å². The number of nitrogens with zero attached hydrogens (tertiary/aromatic N) is 1. The number of ether oxygens (including phenoxy) is 1. The fourth-order valence-electron chi connectivity index (χ4n) is 2.74. The van der Waals surface area contributed by atoms with Gasteiger partial charge in [0, 0.05) is 17.8 Å². The Morgan fingerprint density at radius 2 is 1.69 bits per heavy atom. The number of fused-ring (bicyclic) bond motifs is 1. The van der Waals surface area contributed by atoms with Crippen molar-refractivity contribution in [2.45, 2.75) is 6.42 Å². The summed E-state index contributed by atoms with van der Waals surface area (Å²) < 4.78 is 5.71. The second-order valence-corrected chi connectivity index (χ2v) is 6.55. The van der Waals surface area contributed by atoms with Crippen LogP contribution in [0.1, 0.15) is 16.8 Å². The largest absolute Gasteiger partial charge is 0.494 e. The van der Waals surface area contributed by atoms with Gasteiger partial charge >= 0.3 is 0 Å². The van der Waals surface area contributed by atoms with Crippen LogP contribution in [-0.4, -0.2) is 38.1 Å². The van der Waals surface area contributed by atoms with Gasteiger partial charge in [-0.2, -0.15) is 0 Å². The summed E-state index contributed by atoms with van der Waals surface area (Å²) in [5, 5.41) is 5.11. The van der Waals surface area contributed by atoms with Gasteiger partial charge in [0.2, 0.25) is 0 Å². The zero-order valence-corrected chi connectivity index (χ0v) is 15.2. The lowest BCUT2D eigenvalue weighted by atomic mass is 10.1. The van der Waals surface area contributed by atoms with Gasteiger partial charge in [-0.25, -0.2) is 0 Å². The molecule has 0 unspecified atom stereocenters. The topological polar surface area (TPSA) is 41.6 Å². The molecule has 0 radical (unpaired) electrons. The van der Waals surface area contributed by atoms with Gasteiger partial charge < -0.3 is 15.0 Å².